The average Bonchev–Trinajstić information content (AvgIpc) is 2.79. The van der Waals surface area contributed by atoms with Crippen LogP contribution in [0.5, 0.6) is 0 Å². The molecule has 0 bridgehead atoms. The molecule has 0 unspecified atom stereocenters. The summed E-state index contributed by atoms with van der Waals surface area (Å²) in [5, 5.41) is 6.08. The van der Waals surface area contributed by atoms with Crippen molar-refractivity contribution >= 4 is 44.8 Å². The van der Waals surface area contributed by atoms with Gasteiger partial charge in [-0.3, -0.25) is 9.59 Å². The van der Waals surface area contributed by atoms with Crippen LogP contribution in [0, 0.1) is 6.92 Å². The Bertz CT molecular complexity index is 1170. The van der Waals surface area contributed by atoms with Gasteiger partial charge in [0.05, 0.1) is 10.6 Å². The van der Waals surface area contributed by atoms with E-state index in [4.69, 9.17) is 11.6 Å². The standard InChI is InChI=1S/C22H23ClN4O4S/c1-16-3-2-4-18(15-16)27-21(28)10-9-20(24-27)22(29)25-11-13-26(14-12-25)32(30,31)19-7-5-17(23)6-8-19/h2-8,15H,9-14H2,1H3. The highest BCUT2D eigenvalue weighted by Crippen LogP contribution is 2.23. The number of carbonyl (C=O) groups is 2. The van der Waals surface area contributed by atoms with Crippen molar-refractivity contribution in [2.24, 2.45) is 5.10 Å². The van der Waals surface area contributed by atoms with Gasteiger partial charge in [-0.25, -0.2) is 13.4 Å². The zero-order chi connectivity index (χ0) is 22.9. The van der Waals surface area contributed by atoms with Crippen LogP contribution in [0.25, 0.3) is 0 Å². The number of anilines is 1. The molecule has 0 atom stereocenters. The molecule has 4 rings (SSSR count). The van der Waals surface area contributed by atoms with Crippen molar-refractivity contribution in [2.45, 2.75) is 24.7 Å². The molecule has 0 aromatic heterocycles. The number of piperazine rings is 1. The Balaban J connectivity index is 1.45. The van der Waals surface area contributed by atoms with Gasteiger partial charge in [-0.05, 0) is 48.9 Å². The van der Waals surface area contributed by atoms with E-state index < -0.39 is 10.0 Å². The number of benzene rings is 2. The van der Waals surface area contributed by atoms with E-state index in [0.717, 1.165) is 5.56 Å². The zero-order valence-corrected chi connectivity index (χ0v) is 19.1. The molecule has 0 spiro atoms. The van der Waals surface area contributed by atoms with Crippen LogP contribution in [-0.2, 0) is 19.6 Å². The molecule has 0 aliphatic carbocycles. The lowest BCUT2D eigenvalue weighted by Crippen LogP contribution is -2.52. The fourth-order valence-electron chi connectivity index (χ4n) is 3.74. The van der Waals surface area contributed by atoms with Crippen LogP contribution in [0.15, 0.2) is 58.5 Å². The Kier molecular flexibility index (Phi) is 6.32. The van der Waals surface area contributed by atoms with Gasteiger partial charge in [-0.1, -0.05) is 23.7 Å². The van der Waals surface area contributed by atoms with Gasteiger partial charge >= 0.3 is 0 Å². The van der Waals surface area contributed by atoms with E-state index in [-0.39, 0.29) is 55.7 Å². The summed E-state index contributed by atoms with van der Waals surface area (Å²) in [5.41, 5.74) is 1.92. The van der Waals surface area contributed by atoms with Gasteiger partial charge in [-0.15, -0.1) is 0 Å². The van der Waals surface area contributed by atoms with Crippen LogP contribution < -0.4 is 5.01 Å². The largest absolute Gasteiger partial charge is 0.335 e. The number of halogens is 1. The summed E-state index contributed by atoms with van der Waals surface area (Å²) in [6.07, 6.45) is 0.465. The predicted molar refractivity (Wildman–Crippen MR) is 122 cm³/mol. The monoisotopic (exact) mass is 474 g/mol. The van der Waals surface area contributed by atoms with E-state index in [9.17, 15) is 18.0 Å². The normalized spacial score (nSPS) is 17.9. The number of aryl methyl sites for hydroxylation is 1. The molecule has 0 radical (unpaired) electrons. The molecule has 2 amide bonds. The number of sulfonamides is 1. The number of nitrogens with zero attached hydrogens (tertiary/aromatic N) is 4. The Morgan fingerprint density at radius 1 is 1.00 bits per heavy atom. The van der Waals surface area contributed by atoms with E-state index in [1.54, 1.807) is 11.0 Å². The molecule has 1 saturated heterocycles. The molecule has 2 aromatic rings. The Labute approximate surface area is 192 Å². The number of carbonyl (C=O) groups excluding carboxylic acids is 2. The molecule has 2 aliphatic heterocycles. The highest BCUT2D eigenvalue weighted by Gasteiger charge is 2.33. The summed E-state index contributed by atoms with van der Waals surface area (Å²) in [7, 11) is -3.66. The molecular weight excluding hydrogens is 452 g/mol. The second-order valence-corrected chi connectivity index (χ2v) is 10.1. The predicted octanol–water partition coefficient (Wildman–Crippen LogP) is 2.66. The SMILES string of the molecule is Cc1cccc(N2N=C(C(=O)N3CCN(S(=O)(=O)c4ccc(Cl)cc4)CC3)CCC2=O)c1. The average molecular weight is 475 g/mol. The van der Waals surface area contributed by atoms with Crippen molar-refractivity contribution < 1.29 is 18.0 Å². The molecule has 1 fully saturated rings. The molecule has 0 saturated carbocycles. The maximum absolute atomic E-state index is 13.0. The number of rotatable bonds is 4. The van der Waals surface area contributed by atoms with Gasteiger partial charge in [0.2, 0.25) is 15.9 Å². The molecule has 8 nitrogen and oxygen atoms in total. The van der Waals surface area contributed by atoms with E-state index in [0.29, 0.717) is 16.4 Å². The summed E-state index contributed by atoms with van der Waals surface area (Å²) < 4.78 is 27.1. The highest BCUT2D eigenvalue weighted by molar-refractivity contribution is 7.89. The minimum atomic E-state index is -3.66. The van der Waals surface area contributed by atoms with Crippen molar-refractivity contribution in [3.63, 3.8) is 0 Å². The molecule has 2 heterocycles. The van der Waals surface area contributed by atoms with Crippen molar-refractivity contribution in [3.8, 4) is 0 Å². The molecule has 168 valence electrons. The van der Waals surface area contributed by atoms with Crippen molar-refractivity contribution in [2.75, 3.05) is 31.2 Å². The maximum Gasteiger partial charge on any atom is 0.270 e. The zero-order valence-electron chi connectivity index (χ0n) is 17.6. The summed E-state index contributed by atoms with van der Waals surface area (Å²) in [5.74, 6) is -0.426. The Hall–Kier alpha value is -2.75. The number of hydrazone groups is 1. The minimum absolute atomic E-state index is 0.161. The molecular formula is C22H23ClN4O4S. The second-order valence-electron chi connectivity index (χ2n) is 7.74. The van der Waals surface area contributed by atoms with Gasteiger partial charge in [0, 0.05) is 44.0 Å². The van der Waals surface area contributed by atoms with Crippen LogP contribution in [0.4, 0.5) is 5.69 Å². The third kappa shape index (κ3) is 4.55. The number of hydrogen-bond donors (Lipinski definition) is 0. The van der Waals surface area contributed by atoms with Gasteiger partial charge in [0.25, 0.3) is 5.91 Å². The van der Waals surface area contributed by atoms with Crippen molar-refractivity contribution in [1.82, 2.24) is 9.21 Å². The summed E-state index contributed by atoms with van der Waals surface area (Å²) in [6, 6.07) is 13.4. The summed E-state index contributed by atoms with van der Waals surface area (Å²) in [6.45, 7) is 2.80. The van der Waals surface area contributed by atoms with Crippen LogP contribution in [0.3, 0.4) is 0 Å². The van der Waals surface area contributed by atoms with E-state index in [1.807, 2.05) is 25.1 Å². The van der Waals surface area contributed by atoms with Gasteiger partial charge in [0.15, 0.2) is 0 Å². The lowest BCUT2D eigenvalue weighted by molar-refractivity contribution is -0.125. The third-order valence-corrected chi connectivity index (χ3v) is 7.67. The fraction of sp³-hybridized carbons (Fsp3) is 0.318. The second kappa shape index (κ2) is 9.01. The van der Waals surface area contributed by atoms with Crippen molar-refractivity contribution in [3.05, 3.63) is 59.1 Å². The number of hydrogen-bond acceptors (Lipinski definition) is 5. The third-order valence-electron chi connectivity index (χ3n) is 5.50. The minimum Gasteiger partial charge on any atom is -0.335 e. The van der Waals surface area contributed by atoms with Crippen LogP contribution in [0.2, 0.25) is 5.02 Å². The van der Waals surface area contributed by atoms with E-state index >= 15 is 0 Å². The first kappa shape index (κ1) is 22.4. The van der Waals surface area contributed by atoms with Crippen LogP contribution in [0.1, 0.15) is 18.4 Å². The summed E-state index contributed by atoms with van der Waals surface area (Å²) in [4.78, 5) is 27.2. The molecule has 2 aliphatic rings. The van der Waals surface area contributed by atoms with Crippen LogP contribution in [-0.4, -0.2) is 61.3 Å². The van der Waals surface area contributed by atoms with Gasteiger partial charge in [0.1, 0.15) is 5.71 Å². The maximum atomic E-state index is 13.0. The molecule has 2 aromatic carbocycles. The molecule has 32 heavy (non-hydrogen) atoms. The topological polar surface area (TPSA) is 90.4 Å². The first-order chi connectivity index (χ1) is 15.3. The highest BCUT2D eigenvalue weighted by atomic mass is 35.5. The molecule has 10 heteroatoms. The first-order valence-electron chi connectivity index (χ1n) is 10.3. The number of amides is 2. The van der Waals surface area contributed by atoms with Gasteiger partial charge < -0.3 is 4.90 Å². The lowest BCUT2D eigenvalue weighted by atomic mass is 10.1. The fourth-order valence-corrected chi connectivity index (χ4v) is 5.29. The van der Waals surface area contributed by atoms with E-state index in [1.165, 1.54) is 33.6 Å². The lowest BCUT2D eigenvalue weighted by Gasteiger charge is -2.35. The van der Waals surface area contributed by atoms with Crippen LogP contribution >= 0.6 is 11.6 Å². The Morgan fingerprint density at radius 2 is 1.69 bits per heavy atom. The van der Waals surface area contributed by atoms with Gasteiger partial charge in [-0.2, -0.15) is 9.41 Å². The quantitative estimate of drug-likeness (QED) is 0.681. The van der Waals surface area contributed by atoms with E-state index in [2.05, 4.69) is 5.10 Å². The first-order valence-corrected chi connectivity index (χ1v) is 12.1. The summed E-state index contributed by atoms with van der Waals surface area (Å²) >= 11 is 5.85. The smallest absolute Gasteiger partial charge is 0.270 e. The Morgan fingerprint density at radius 3 is 2.34 bits per heavy atom. The molecule has 0 N–H and O–H groups in total. The van der Waals surface area contributed by atoms with Crippen molar-refractivity contribution in [1.29, 1.82) is 0 Å².